The van der Waals surface area contributed by atoms with Crippen molar-refractivity contribution < 1.29 is 9.72 Å². The second-order valence-electron chi connectivity index (χ2n) is 6.67. The fraction of sp³-hybridized carbons (Fsp3) is 0.211. The van der Waals surface area contributed by atoms with E-state index in [0.717, 1.165) is 12.0 Å². The number of fused-ring (bicyclic) bond motifs is 1. The number of carbonyl (C=O) groups is 1. The van der Waals surface area contributed by atoms with Gasteiger partial charge in [-0.05, 0) is 31.0 Å². The van der Waals surface area contributed by atoms with E-state index in [1.165, 1.54) is 24.3 Å². The molecule has 28 heavy (non-hydrogen) atoms. The Bertz CT molecular complexity index is 1020. The summed E-state index contributed by atoms with van der Waals surface area (Å²) in [7, 11) is 0. The van der Waals surface area contributed by atoms with Crippen LogP contribution in [0.15, 0.2) is 54.6 Å². The summed E-state index contributed by atoms with van der Waals surface area (Å²) < 4.78 is 1.78. The number of nitro groups is 1. The summed E-state index contributed by atoms with van der Waals surface area (Å²) in [6.45, 7) is 2.07. The summed E-state index contributed by atoms with van der Waals surface area (Å²) >= 11 is 0. The highest BCUT2D eigenvalue weighted by molar-refractivity contribution is 6.03. The smallest absolute Gasteiger partial charge is 0.269 e. The quantitative estimate of drug-likeness (QED) is 0.532. The van der Waals surface area contributed by atoms with Crippen molar-refractivity contribution in [2.24, 2.45) is 0 Å². The van der Waals surface area contributed by atoms with E-state index in [2.05, 4.69) is 27.6 Å². The van der Waals surface area contributed by atoms with E-state index in [1.54, 1.807) is 4.68 Å². The van der Waals surface area contributed by atoms with Crippen molar-refractivity contribution in [3.8, 4) is 0 Å². The summed E-state index contributed by atoms with van der Waals surface area (Å²) in [4.78, 5) is 27.0. The van der Waals surface area contributed by atoms with Gasteiger partial charge in [-0.2, -0.15) is 4.98 Å². The highest BCUT2D eigenvalue weighted by Gasteiger charge is 2.28. The lowest BCUT2D eigenvalue weighted by Crippen LogP contribution is -2.31. The number of nitro benzene ring substituents is 1. The molecule has 2 heterocycles. The van der Waals surface area contributed by atoms with Crippen LogP contribution in [-0.4, -0.2) is 31.6 Å². The molecule has 2 atom stereocenters. The zero-order valence-electron chi connectivity index (χ0n) is 15.1. The molecule has 1 aliphatic heterocycles. The Kier molecular flexibility index (Phi) is 4.48. The predicted octanol–water partition coefficient (Wildman–Crippen LogP) is 3.23. The van der Waals surface area contributed by atoms with Gasteiger partial charge in [0.25, 0.3) is 17.5 Å². The number of nitrogens with zero attached hydrogens (tertiary/aromatic N) is 4. The number of rotatable bonds is 4. The van der Waals surface area contributed by atoms with Crippen LogP contribution >= 0.6 is 0 Å². The second kappa shape index (κ2) is 7.10. The average molecular weight is 378 g/mol. The van der Waals surface area contributed by atoms with Gasteiger partial charge < -0.3 is 5.32 Å². The third-order valence-electron chi connectivity index (χ3n) is 4.63. The van der Waals surface area contributed by atoms with Crippen LogP contribution in [0.2, 0.25) is 0 Å². The average Bonchev–Trinajstić information content (AvgIpc) is 3.10. The zero-order chi connectivity index (χ0) is 19.7. The van der Waals surface area contributed by atoms with Crippen LogP contribution in [0.1, 0.15) is 35.3 Å². The number of anilines is 2. The van der Waals surface area contributed by atoms with Crippen LogP contribution in [-0.2, 0) is 0 Å². The fourth-order valence-electron chi connectivity index (χ4n) is 3.27. The number of non-ortho nitro benzene ring substituents is 1. The molecule has 0 saturated carbocycles. The summed E-state index contributed by atoms with van der Waals surface area (Å²) in [5, 5.41) is 21.1. The number of carbonyl (C=O) groups excluding carboxylic acids is 1. The summed E-state index contributed by atoms with van der Waals surface area (Å²) in [5.74, 6) is 0.342. The molecule has 4 rings (SSSR count). The molecule has 2 aromatic carbocycles. The van der Waals surface area contributed by atoms with Gasteiger partial charge in [-0.15, -0.1) is 5.10 Å². The van der Waals surface area contributed by atoms with Crippen molar-refractivity contribution in [3.05, 3.63) is 75.8 Å². The van der Waals surface area contributed by atoms with Crippen molar-refractivity contribution in [2.45, 2.75) is 25.4 Å². The number of hydrogen-bond donors (Lipinski definition) is 2. The van der Waals surface area contributed by atoms with E-state index in [0.29, 0.717) is 11.5 Å². The Morgan fingerprint density at radius 1 is 1.21 bits per heavy atom. The first kappa shape index (κ1) is 17.7. The number of benzene rings is 2. The Labute approximate surface area is 160 Å². The molecule has 3 aromatic rings. The van der Waals surface area contributed by atoms with Crippen molar-refractivity contribution in [2.75, 3.05) is 10.6 Å². The second-order valence-corrected chi connectivity index (χ2v) is 6.67. The maximum absolute atomic E-state index is 12.4. The van der Waals surface area contributed by atoms with Gasteiger partial charge >= 0.3 is 0 Å². The number of aromatic nitrogens is 3. The van der Waals surface area contributed by atoms with Crippen molar-refractivity contribution in [1.82, 2.24) is 14.8 Å². The van der Waals surface area contributed by atoms with E-state index < -0.39 is 10.8 Å². The molecule has 142 valence electrons. The highest BCUT2D eigenvalue weighted by Crippen LogP contribution is 2.31. The first-order valence-electron chi connectivity index (χ1n) is 8.85. The molecule has 0 fully saturated rings. The largest absolute Gasteiger partial charge is 0.352 e. The Morgan fingerprint density at radius 3 is 2.61 bits per heavy atom. The SMILES string of the molecule is C[C@@H]1C[C@@H](c2ccccc2)n2nc(NC(=O)c3ccc([N+](=O)[O-])cc3)nc2N1. The van der Waals surface area contributed by atoms with Crippen LogP contribution in [0.5, 0.6) is 0 Å². The van der Waals surface area contributed by atoms with E-state index in [9.17, 15) is 14.9 Å². The topological polar surface area (TPSA) is 115 Å². The van der Waals surface area contributed by atoms with Gasteiger partial charge in [-0.3, -0.25) is 20.2 Å². The monoisotopic (exact) mass is 378 g/mol. The van der Waals surface area contributed by atoms with Gasteiger partial charge in [0.15, 0.2) is 0 Å². The molecule has 9 heteroatoms. The third-order valence-corrected chi connectivity index (χ3v) is 4.63. The van der Waals surface area contributed by atoms with E-state index in [-0.39, 0.29) is 23.7 Å². The molecule has 0 bridgehead atoms. The van der Waals surface area contributed by atoms with E-state index >= 15 is 0 Å². The maximum Gasteiger partial charge on any atom is 0.269 e. The van der Waals surface area contributed by atoms with E-state index in [4.69, 9.17) is 0 Å². The third kappa shape index (κ3) is 3.41. The minimum absolute atomic E-state index is 0.0185. The molecule has 1 aromatic heterocycles. The van der Waals surface area contributed by atoms with Gasteiger partial charge in [-0.1, -0.05) is 30.3 Å². The molecule has 9 nitrogen and oxygen atoms in total. The van der Waals surface area contributed by atoms with Crippen LogP contribution < -0.4 is 10.6 Å². The Balaban J connectivity index is 1.57. The molecule has 0 aliphatic carbocycles. The summed E-state index contributed by atoms with van der Waals surface area (Å²) in [6, 6.07) is 15.6. The summed E-state index contributed by atoms with van der Waals surface area (Å²) in [5.41, 5.74) is 1.34. The maximum atomic E-state index is 12.4. The number of hydrogen-bond acceptors (Lipinski definition) is 6. The molecular weight excluding hydrogens is 360 g/mol. The molecular formula is C19H18N6O3. The van der Waals surface area contributed by atoms with Crippen LogP contribution in [0, 0.1) is 10.1 Å². The molecule has 0 saturated heterocycles. The summed E-state index contributed by atoms with van der Waals surface area (Å²) in [6.07, 6.45) is 0.843. The molecule has 1 aliphatic rings. The van der Waals surface area contributed by atoms with E-state index in [1.807, 2.05) is 30.3 Å². The van der Waals surface area contributed by atoms with Gasteiger partial charge in [0.05, 0.1) is 11.0 Å². The minimum atomic E-state index is -0.511. The lowest BCUT2D eigenvalue weighted by molar-refractivity contribution is -0.384. The van der Waals surface area contributed by atoms with Crippen molar-refractivity contribution in [3.63, 3.8) is 0 Å². The van der Waals surface area contributed by atoms with Crippen LogP contribution in [0.25, 0.3) is 0 Å². The minimum Gasteiger partial charge on any atom is -0.352 e. The molecule has 2 N–H and O–H groups in total. The standard InChI is InChI=1S/C19H18N6O3/c1-12-11-16(13-5-3-2-4-6-13)24-19(20-12)22-18(23-24)21-17(26)14-7-9-15(10-8-14)25(27)28/h2-10,12,16H,11H2,1H3,(H2,20,21,22,23,26)/t12-,16+/m1/s1. The van der Waals surface area contributed by atoms with Gasteiger partial charge in [-0.25, -0.2) is 4.68 Å². The van der Waals surface area contributed by atoms with Gasteiger partial charge in [0.2, 0.25) is 5.95 Å². The highest BCUT2D eigenvalue weighted by atomic mass is 16.6. The lowest BCUT2D eigenvalue weighted by Gasteiger charge is -2.29. The molecule has 0 spiro atoms. The van der Waals surface area contributed by atoms with Crippen LogP contribution in [0.4, 0.5) is 17.6 Å². The Morgan fingerprint density at radius 2 is 1.93 bits per heavy atom. The van der Waals surface area contributed by atoms with Crippen molar-refractivity contribution >= 4 is 23.5 Å². The molecule has 0 radical (unpaired) electrons. The number of nitrogens with one attached hydrogen (secondary N) is 2. The van der Waals surface area contributed by atoms with Crippen molar-refractivity contribution in [1.29, 1.82) is 0 Å². The van der Waals surface area contributed by atoms with Crippen LogP contribution in [0.3, 0.4) is 0 Å². The molecule has 1 amide bonds. The lowest BCUT2D eigenvalue weighted by atomic mass is 9.99. The van der Waals surface area contributed by atoms with Gasteiger partial charge in [0, 0.05) is 23.7 Å². The Hall–Kier alpha value is -3.75. The first-order chi connectivity index (χ1) is 13.5. The zero-order valence-corrected chi connectivity index (χ0v) is 15.1. The fourth-order valence-corrected chi connectivity index (χ4v) is 3.27. The first-order valence-corrected chi connectivity index (χ1v) is 8.85. The normalized spacial score (nSPS) is 18.0. The number of amides is 1. The predicted molar refractivity (Wildman–Crippen MR) is 103 cm³/mol. The molecule has 0 unspecified atom stereocenters. The van der Waals surface area contributed by atoms with Gasteiger partial charge in [0.1, 0.15) is 0 Å².